The number of hydrogen-bond acceptors (Lipinski definition) is 0. The maximum atomic E-state index is 14.4. The molecule has 0 bridgehead atoms. The van der Waals surface area contributed by atoms with E-state index in [2.05, 4.69) is 0 Å². The third-order valence-electron chi connectivity index (χ3n) is 4.18. The summed E-state index contributed by atoms with van der Waals surface area (Å²) in [7, 11) is 0. The molecule has 0 unspecified atom stereocenters. The molecule has 0 aromatic heterocycles. The van der Waals surface area contributed by atoms with E-state index < -0.39 is 104 Å². The summed E-state index contributed by atoms with van der Waals surface area (Å²) >= 11 is 0. The van der Waals surface area contributed by atoms with Gasteiger partial charge in [-0.25, -0.2) is 61.5 Å². The molecule has 170 valence electrons. The van der Waals surface area contributed by atoms with Crippen LogP contribution in [-0.2, 0) is 0 Å². The lowest BCUT2D eigenvalue weighted by atomic mass is 9.95. The fraction of sp³-hybridized carbons (Fsp3) is 0. The van der Waals surface area contributed by atoms with Crippen LogP contribution in [0.2, 0.25) is 0 Å². The molecule has 0 amide bonds. The second kappa shape index (κ2) is 7.67. The van der Waals surface area contributed by atoms with E-state index in [1.165, 1.54) is 0 Å². The third-order valence-corrected chi connectivity index (χ3v) is 4.18. The zero-order chi connectivity index (χ0) is 24.4. The van der Waals surface area contributed by atoms with Gasteiger partial charge in [0.1, 0.15) is 0 Å². The van der Waals surface area contributed by atoms with Crippen molar-refractivity contribution in [1.82, 2.24) is 0 Å². The second-order valence-electron chi connectivity index (χ2n) is 5.90. The Kier molecular flexibility index (Phi) is 5.60. The predicted molar refractivity (Wildman–Crippen MR) is 76.7 cm³/mol. The summed E-state index contributed by atoms with van der Waals surface area (Å²) in [5.41, 5.74) is -10.1. The first-order valence-corrected chi connectivity index (χ1v) is 7.65. The third kappa shape index (κ3) is 2.99. The van der Waals surface area contributed by atoms with Gasteiger partial charge in [0.15, 0.2) is 69.8 Å². The van der Waals surface area contributed by atoms with Crippen molar-refractivity contribution in [2.45, 2.75) is 0 Å². The van der Waals surface area contributed by atoms with Gasteiger partial charge in [0.2, 0.25) is 11.6 Å². The van der Waals surface area contributed by atoms with Gasteiger partial charge in [0, 0.05) is 0 Å². The summed E-state index contributed by atoms with van der Waals surface area (Å²) in [6, 6.07) is 0. The zero-order valence-electron chi connectivity index (χ0n) is 14.3. The summed E-state index contributed by atoms with van der Waals surface area (Å²) in [4.78, 5) is 0. The smallest absolute Gasteiger partial charge is 0.200 e. The Morgan fingerprint density at radius 1 is 0.156 bits per heavy atom. The Balaban J connectivity index is 2.50. The summed E-state index contributed by atoms with van der Waals surface area (Å²) in [6.07, 6.45) is 0. The lowest BCUT2D eigenvalue weighted by Gasteiger charge is -2.15. The maximum absolute atomic E-state index is 14.4. The van der Waals surface area contributed by atoms with Crippen LogP contribution < -0.4 is 0 Å². The van der Waals surface area contributed by atoms with E-state index >= 15 is 0 Å². The highest BCUT2D eigenvalue weighted by molar-refractivity contribution is 5.74. The second-order valence-corrected chi connectivity index (χ2v) is 5.90. The molecule has 0 radical (unpaired) electrons. The molecule has 0 fully saturated rings. The normalized spacial score (nSPS) is 11.4. The first-order valence-electron chi connectivity index (χ1n) is 7.65. The molecule has 0 N–H and O–H groups in total. The lowest BCUT2D eigenvalue weighted by molar-refractivity contribution is 0.377. The predicted octanol–water partition coefficient (Wildman–Crippen LogP) is 6.97. The summed E-state index contributed by atoms with van der Waals surface area (Å²) in [6.45, 7) is 0. The van der Waals surface area contributed by atoms with E-state index in [9.17, 15) is 61.5 Å². The van der Waals surface area contributed by atoms with Crippen molar-refractivity contribution >= 4 is 0 Å². The molecule has 14 heteroatoms. The minimum absolute atomic E-state index is 2.50. The molecule has 0 nitrogen and oxygen atoms in total. The molecule has 0 saturated carbocycles. The highest BCUT2D eigenvalue weighted by atomic mass is 19.2. The van der Waals surface area contributed by atoms with Gasteiger partial charge >= 0.3 is 0 Å². The molecule has 0 aliphatic heterocycles. The molecule has 3 aromatic rings. The van der Waals surface area contributed by atoms with Gasteiger partial charge in [-0.2, -0.15) is 0 Å². The van der Waals surface area contributed by atoms with Crippen LogP contribution in [0.1, 0.15) is 0 Å². The van der Waals surface area contributed by atoms with Crippen molar-refractivity contribution in [3.05, 3.63) is 81.4 Å². The van der Waals surface area contributed by atoms with E-state index in [0.717, 1.165) is 0 Å². The molecule has 3 aromatic carbocycles. The molecule has 0 spiro atoms. The van der Waals surface area contributed by atoms with Gasteiger partial charge < -0.3 is 0 Å². The highest BCUT2D eigenvalue weighted by Gasteiger charge is 2.37. The summed E-state index contributed by atoms with van der Waals surface area (Å²) in [5.74, 6) is -40.3. The van der Waals surface area contributed by atoms with Gasteiger partial charge in [-0.1, -0.05) is 0 Å². The van der Waals surface area contributed by atoms with Crippen LogP contribution in [0.3, 0.4) is 0 Å². The largest absolute Gasteiger partial charge is 0.203 e. The zero-order valence-corrected chi connectivity index (χ0v) is 14.3. The maximum Gasteiger partial charge on any atom is 0.200 e. The minimum Gasteiger partial charge on any atom is -0.203 e. The average Bonchev–Trinajstić information content (AvgIpc) is 2.76. The number of benzene rings is 3. The van der Waals surface area contributed by atoms with Crippen molar-refractivity contribution in [3.8, 4) is 22.3 Å². The van der Waals surface area contributed by atoms with E-state index in [1.54, 1.807) is 0 Å². The standard InChI is InChI=1S/C18F14/c19-5-1(3-9(23)13(27)17(31)14(28)10(3)24)6(20)8(22)2(7(5)21)4-11(25)15(29)18(32)16(30)12(4)26. The van der Waals surface area contributed by atoms with E-state index in [0.29, 0.717) is 0 Å². The summed E-state index contributed by atoms with van der Waals surface area (Å²) in [5, 5.41) is 0. The van der Waals surface area contributed by atoms with Gasteiger partial charge in [-0.05, 0) is 0 Å². The average molecular weight is 482 g/mol. The van der Waals surface area contributed by atoms with Gasteiger partial charge in [0.05, 0.1) is 22.3 Å². The van der Waals surface area contributed by atoms with Gasteiger partial charge in [0.25, 0.3) is 0 Å². The minimum atomic E-state index is -2.97. The van der Waals surface area contributed by atoms with Crippen molar-refractivity contribution in [1.29, 1.82) is 0 Å². The Hall–Kier alpha value is -3.32. The molecule has 0 aliphatic carbocycles. The Labute approximate surface area is 166 Å². The SMILES string of the molecule is Fc1c(F)c(F)c(-c2c(F)c(F)c(-c3c(F)c(F)c(F)c(F)c3F)c(F)c2F)c(F)c1F. The molecule has 0 aliphatic rings. The molecule has 32 heavy (non-hydrogen) atoms. The van der Waals surface area contributed by atoms with Crippen LogP contribution in [0.25, 0.3) is 22.3 Å². The first kappa shape index (κ1) is 23.3. The Morgan fingerprint density at radius 2 is 0.250 bits per heavy atom. The molecular weight excluding hydrogens is 482 g/mol. The van der Waals surface area contributed by atoms with Crippen LogP contribution in [0.4, 0.5) is 61.5 Å². The van der Waals surface area contributed by atoms with Gasteiger partial charge in [-0.3, -0.25) is 0 Å². The van der Waals surface area contributed by atoms with Crippen molar-refractivity contribution < 1.29 is 61.5 Å². The Morgan fingerprint density at radius 3 is 0.406 bits per heavy atom. The van der Waals surface area contributed by atoms with Crippen LogP contribution in [0.5, 0.6) is 0 Å². The molecule has 0 atom stereocenters. The van der Waals surface area contributed by atoms with Crippen molar-refractivity contribution in [2.24, 2.45) is 0 Å². The van der Waals surface area contributed by atoms with E-state index in [1.807, 2.05) is 0 Å². The molecule has 0 heterocycles. The number of rotatable bonds is 2. The molecular formula is C18F14. The van der Waals surface area contributed by atoms with Crippen LogP contribution in [0.15, 0.2) is 0 Å². The fourth-order valence-electron chi connectivity index (χ4n) is 2.72. The molecule has 3 rings (SSSR count). The van der Waals surface area contributed by atoms with Crippen LogP contribution in [-0.4, -0.2) is 0 Å². The number of hydrogen-bond donors (Lipinski definition) is 0. The van der Waals surface area contributed by atoms with Crippen molar-refractivity contribution in [3.63, 3.8) is 0 Å². The lowest BCUT2D eigenvalue weighted by Crippen LogP contribution is -2.12. The number of halogens is 14. The van der Waals surface area contributed by atoms with Crippen LogP contribution >= 0.6 is 0 Å². The van der Waals surface area contributed by atoms with Gasteiger partial charge in [-0.15, -0.1) is 0 Å². The topological polar surface area (TPSA) is 0 Å². The highest BCUT2D eigenvalue weighted by Crippen LogP contribution is 2.42. The molecule has 0 saturated heterocycles. The monoisotopic (exact) mass is 482 g/mol. The van der Waals surface area contributed by atoms with Crippen molar-refractivity contribution in [2.75, 3.05) is 0 Å². The summed E-state index contributed by atoms with van der Waals surface area (Å²) < 4.78 is 192. The first-order chi connectivity index (χ1) is 14.7. The Bertz CT molecular complexity index is 1120. The quantitative estimate of drug-likeness (QED) is 0.210. The van der Waals surface area contributed by atoms with E-state index in [-0.39, 0.29) is 0 Å². The fourth-order valence-corrected chi connectivity index (χ4v) is 2.72. The van der Waals surface area contributed by atoms with Crippen LogP contribution in [0, 0.1) is 81.4 Å². The van der Waals surface area contributed by atoms with E-state index in [4.69, 9.17) is 0 Å².